The molecule has 0 aromatic carbocycles. The van der Waals surface area contributed by atoms with Crippen molar-refractivity contribution in [1.29, 1.82) is 0 Å². The van der Waals surface area contributed by atoms with E-state index in [1.54, 1.807) is 4.68 Å². The minimum atomic E-state index is -1.01. The maximum Gasteiger partial charge on any atom is 0.407 e. The van der Waals surface area contributed by atoms with Gasteiger partial charge in [0, 0.05) is 13.1 Å². The first-order valence-corrected chi connectivity index (χ1v) is 5.73. The first kappa shape index (κ1) is 12.7. The summed E-state index contributed by atoms with van der Waals surface area (Å²) in [5, 5.41) is 13.2. The molecule has 1 aromatic rings. The SMILES string of the molecule is COC(=O)c1nn2c(c1Cl)CN(C(=O)O)CCC2. The molecule has 98 valence electrons. The fourth-order valence-corrected chi connectivity index (χ4v) is 2.14. The fraction of sp³-hybridized carbons (Fsp3) is 0.500. The molecule has 2 heterocycles. The van der Waals surface area contributed by atoms with Gasteiger partial charge >= 0.3 is 12.1 Å². The highest BCUT2D eigenvalue weighted by molar-refractivity contribution is 6.34. The van der Waals surface area contributed by atoms with Crippen LogP contribution >= 0.6 is 11.6 Å². The third-order valence-electron chi connectivity index (χ3n) is 2.78. The molecule has 1 aliphatic heterocycles. The third-order valence-corrected chi connectivity index (χ3v) is 3.18. The number of esters is 1. The smallest absolute Gasteiger partial charge is 0.407 e. The van der Waals surface area contributed by atoms with E-state index in [1.165, 1.54) is 12.0 Å². The van der Waals surface area contributed by atoms with Crippen LogP contribution in [-0.2, 0) is 17.8 Å². The van der Waals surface area contributed by atoms with Gasteiger partial charge in [0.2, 0.25) is 0 Å². The summed E-state index contributed by atoms with van der Waals surface area (Å²) < 4.78 is 6.14. The lowest BCUT2D eigenvalue weighted by Crippen LogP contribution is -2.29. The van der Waals surface area contributed by atoms with E-state index >= 15 is 0 Å². The number of carboxylic acid groups (broad SMARTS) is 1. The van der Waals surface area contributed by atoms with Gasteiger partial charge in [0.15, 0.2) is 5.69 Å². The van der Waals surface area contributed by atoms with Gasteiger partial charge in [0.1, 0.15) is 0 Å². The molecule has 0 fully saturated rings. The molecule has 0 radical (unpaired) electrons. The average Bonchev–Trinajstić information content (AvgIpc) is 2.54. The number of fused-ring (bicyclic) bond motifs is 1. The second kappa shape index (κ2) is 4.85. The zero-order chi connectivity index (χ0) is 13.3. The first-order valence-electron chi connectivity index (χ1n) is 5.36. The van der Waals surface area contributed by atoms with Crippen LogP contribution in [0.2, 0.25) is 5.02 Å². The number of hydrogen-bond acceptors (Lipinski definition) is 4. The molecule has 0 spiro atoms. The first-order chi connectivity index (χ1) is 8.54. The Morgan fingerprint density at radius 2 is 2.17 bits per heavy atom. The number of aryl methyl sites for hydroxylation is 1. The molecule has 1 aliphatic rings. The van der Waals surface area contributed by atoms with Crippen LogP contribution in [0.1, 0.15) is 22.6 Å². The third kappa shape index (κ3) is 2.13. The lowest BCUT2D eigenvalue weighted by Gasteiger charge is -2.15. The van der Waals surface area contributed by atoms with E-state index in [1.807, 2.05) is 0 Å². The molecule has 1 amide bonds. The molecule has 0 bridgehead atoms. The Morgan fingerprint density at radius 3 is 2.78 bits per heavy atom. The zero-order valence-corrected chi connectivity index (χ0v) is 10.5. The molecule has 0 saturated heterocycles. The lowest BCUT2D eigenvalue weighted by atomic mass is 10.3. The van der Waals surface area contributed by atoms with Gasteiger partial charge in [0.25, 0.3) is 0 Å². The van der Waals surface area contributed by atoms with Crippen LogP contribution in [0, 0.1) is 0 Å². The highest BCUT2D eigenvalue weighted by Gasteiger charge is 2.27. The number of aromatic nitrogens is 2. The molecule has 7 nitrogen and oxygen atoms in total. The van der Waals surface area contributed by atoms with Crippen LogP contribution in [0.4, 0.5) is 4.79 Å². The second-order valence-corrected chi connectivity index (χ2v) is 4.26. The van der Waals surface area contributed by atoms with Crippen molar-refractivity contribution >= 4 is 23.7 Å². The van der Waals surface area contributed by atoms with Crippen molar-refractivity contribution < 1.29 is 19.4 Å². The molecule has 0 saturated carbocycles. The summed E-state index contributed by atoms with van der Waals surface area (Å²) in [4.78, 5) is 23.7. The predicted octanol–water partition coefficient (Wildman–Crippen LogP) is 1.21. The van der Waals surface area contributed by atoms with Crippen molar-refractivity contribution in [2.45, 2.75) is 19.5 Å². The number of carbonyl (C=O) groups excluding carboxylic acids is 1. The Labute approximate surface area is 108 Å². The number of hydrogen-bond donors (Lipinski definition) is 1. The molecule has 0 aliphatic carbocycles. The molecule has 2 rings (SSSR count). The van der Waals surface area contributed by atoms with E-state index < -0.39 is 12.1 Å². The zero-order valence-electron chi connectivity index (χ0n) is 9.72. The molecular formula is C10H12ClN3O4. The maximum atomic E-state index is 11.4. The number of carbonyl (C=O) groups is 2. The molecule has 1 aromatic heterocycles. The van der Waals surface area contributed by atoms with E-state index in [-0.39, 0.29) is 17.3 Å². The highest BCUT2D eigenvalue weighted by Crippen LogP contribution is 2.25. The molecule has 0 unspecified atom stereocenters. The van der Waals surface area contributed by atoms with Gasteiger partial charge in [-0.25, -0.2) is 9.59 Å². The molecule has 8 heteroatoms. The number of rotatable bonds is 1. The number of halogens is 1. The van der Waals surface area contributed by atoms with Crippen molar-refractivity contribution in [1.82, 2.24) is 14.7 Å². The van der Waals surface area contributed by atoms with Crippen LogP contribution in [0.3, 0.4) is 0 Å². The summed E-state index contributed by atoms with van der Waals surface area (Å²) in [5.41, 5.74) is 0.554. The van der Waals surface area contributed by atoms with Gasteiger partial charge < -0.3 is 14.7 Å². The van der Waals surface area contributed by atoms with E-state index in [9.17, 15) is 9.59 Å². The molecule has 0 atom stereocenters. The van der Waals surface area contributed by atoms with Crippen LogP contribution < -0.4 is 0 Å². The van der Waals surface area contributed by atoms with Crippen LogP contribution in [0.5, 0.6) is 0 Å². The van der Waals surface area contributed by atoms with E-state index in [0.29, 0.717) is 25.2 Å². The van der Waals surface area contributed by atoms with Gasteiger partial charge in [-0.1, -0.05) is 11.6 Å². The Bertz CT molecular complexity index is 500. The van der Waals surface area contributed by atoms with E-state index in [2.05, 4.69) is 9.84 Å². The van der Waals surface area contributed by atoms with Crippen molar-refractivity contribution in [3.8, 4) is 0 Å². The predicted molar refractivity (Wildman–Crippen MR) is 61.6 cm³/mol. The Hall–Kier alpha value is -1.76. The monoisotopic (exact) mass is 273 g/mol. The highest BCUT2D eigenvalue weighted by atomic mass is 35.5. The van der Waals surface area contributed by atoms with Crippen molar-refractivity contribution in [3.05, 3.63) is 16.4 Å². The van der Waals surface area contributed by atoms with Crippen molar-refractivity contribution in [2.24, 2.45) is 0 Å². The lowest BCUT2D eigenvalue weighted by molar-refractivity contribution is 0.0593. The maximum absolute atomic E-state index is 11.4. The summed E-state index contributed by atoms with van der Waals surface area (Å²) >= 11 is 6.05. The average molecular weight is 274 g/mol. The summed E-state index contributed by atoms with van der Waals surface area (Å²) in [6, 6.07) is 0. The summed E-state index contributed by atoms with van der Waals surface area (Å²) in [6.07, 6.45) is -0.391. The largest absolute Gasteiger partial charge is 0.465 e. The molecule has 1 N–H and O–H groups in total. The number of nitrogens with zero attached hydrogens (tertiary/aromatic N) is 3. The molecular weight excluding hydrogens is 262 g/mol. The standard InChI is InChI=1S/C10H12ClN3O4/c1-18-9(15)8-7(11)6-5-13(10(16)17)3-2-4-14(6)12-8/h2-5H2,1H3,(H,16,17). The number of ether oxygens (including phenoxy) is 1. The topological polar surface area (TPSA) is 84.7 Å². The Kier molecular flexibility index (Phi) is 3.42. The van der Waals surface area contributed by atoms with Crippen LogP contribution in [-0.4, -0.2) is 45.5 Å². The fourth-order valence-electron chi connectivity index (χ4n) is 1.87. The number of methoxy groups -OCH3 is 1. The van der Waals surface area contributed by atoms with Crippen molar-refractivity contribution in [3.63, 3.8) is 0 Å². The van der Waals surface area contributed by atoms with Gasteiger partial charge in [-0.05, 0) is 6.42 Å². The Balaban J connectivity index is 2.38. The number of amides is 1. The quantitative estimate of drug-likeness (QED) is 0.777. The normalized spacial score (nSPS) is 14.9. The van der Waals surface area contributed by atoms with Gasteiger partial charge in [-0.3, -0.25) is 4.68 Å². The minimum Gasteiger partial charge on any atom is -0.465 e. The van der Waals surface area contributed by atoms with E-state index in [0.717, 1.165) is 0 Å². The van der Waals surface area contributed by atoms with Crippen molar-refractivity contribution in [2.75, 3.05) is 13.7 Å². The van der Waals surface area contributed by atoms with E-state index in [4.69, 9.17) is 16.7 Å². The van der Waals surface area contributed by atoms with Crippen LogP contribution in [0.15, 0.2) is 0 Å². The Morgan fingerprint density at radius 1 is 1.44 bits per heavy atom. The van der Waals surface area contributed by atoms with Gasteiger partial charge in [-0.2, -0.15) is 5.10 Å². The summed E-state index contributed by atoms with van der Waals surface area (Å²) in [7, 11) is 1.24. The van der Waals surface area contributed by atoms with Gasteiger partial charge in [0.05, 0.1) is 24.4 Å². The van der Waals surface area contributed by atoms with Crippen LogP contribution in [0.25, 0.3) is 0 Å². The minimum absolute atomic E-state index is 0.0291. The second-order valence-electron chi connectivity index (χ2n) is 3.88. The summed E-state index contributed by atoms with van der Waals surface area (Å²) in [6.45, 7) is 1.07. The molecule has 18 heavy (non-hydrogen) atoms. The summed E-state index contributed by atoms with van der Waals surface area (Å²) in [5.74, 6) is -0.623. The van der Waals surface area contributed by atoms with Gasteiger partial charge in [-0.15, -0.1) is 0 Å².